The van der Waals surface area contributed by atoms with E-state index in [4.69, 9.17) is 0 Å². The molecule has 1 aromatic carbocycles. The monoisotopic (exact) mass is 304 g/mol. The Morgan fingerprint density at radius 3 is 2.05 bits per heavy atom. The van der Waals surface area contributed by atoms with Crippen molar-refractivity contribution < 1.29 is 4.79 Å². The first kappa shape index (κ1) is 15.8. The van der Waals surface area contributed by atoms with Gasteiger partial charge in [0.2, 0.25) is 5.91 Å². The quantitative estimate of drug-likeness (QED) is 0.845. The summed E-state index contributed by atoms with van der Waals surface area (Å²) in [5, 5.41) is 2.83. The fourth-order valence-corrected chi connectivity index (χ4v) is 2.32. The van der Waals surface area contributed by atoms with E-state index in [-0.39, 0.29) is 5.91 Å². The molecule has 0 spiro atoms. The number of benzene rings is 1. The number of carbonyl (C=O) groups excluding carboxylic acids is 1. The minimum absolute atomic E-state index is 0.114. The molecule has 1 amide bonds. The molecule has 0 aliphatic heterocycles. The molecule has 0 aliphatic rings. The first-order valence-corrected chi connectivity index (χ1v) is 6.98. The second-order valence-corrected chi connectivity index (χ2v) is 5.38. The zero-order valence-electron chi connectivity index (χ0n) is 13.4. The molecule has 7 heteroatoms. The molecular formula is C15H20N4O3. The molecule has 2 rings (SSSR count). The summed E-state index contributed by atoms with van der Waals surface area (Å²) in [6, 6.07) is 3.51. The average molecular weight is 304 g/mol. The SMILES string of the molecule is CCC(=O)Nc1cc2c(cc1N(C)C)n(C)c(=O)c(=O)n2C. The summed E-state index contributed by atoms with van der Waals surface area (Å²) in [5.74, 6) is -0.114. The third-order valence-corrected chi connectivity index (χ3v) is 3.68. The Labute approximate surface area is 127 Å². The molecule has 1 aromatic heterocycles. The topological polar surface area (TPSA) is 76.3 Å². The van der Waals surface area contributed by atoms with Crippen LogP contribution in [0.2, 0.25) is 0 Å². The minimum atomic E-state index is -0.597. The number of hydrogen-bond acceptors (Lipinski definition) is 4. The number of hydrogen-bond donors (Lipinski definition) is 1. The van der Waals surface area contributed by atoms with Gasteiger partial charge < -0.3 is 19.4 Å². The molecule has 118 valence electrons. The van der Waals surface area contributed by atoms with Gasteiger partial charge in [0, 0.05) is 34.6 Å². The Hall–Kier alpha value is -2.57. The summed E-state index contributed by atoms with van der Waals surface area (Å²) < 4.78 is 2.63. The molecule has 7 nitrogen and oxygen atoms in total. The second-order valence-electron chi connectivity index (χ2n) is 5.38. The molecule has 22 heavy (non-hydrogen) atoms. The van der Waals surface area contributed by atoms with Crippen molar-refractivity contribution in [3.05, 3.63) is 32.8 Å². The van der Waals surface area contributed by atoms with Gasteiger partial charge in [-0.15, -0.1) is 0 Å². The van der Waals surface area contributed by atoms with Crippen LogP contribution < -0.4 is 21.3 Å². The van der Waals surface area contributed by atoms with Crippen LogP contribution >= 0.6 is 0 Å². The van der Waals surface area contributed by atoms with Crippen molar-refractivity contribution in [2.45, 2.75) is 13.3 Å². The first-order valence-electron chi connectivity index (χ1n) is 6.98. The van der Waals surface area contributed by atoms with E-state index in [1.54, 1.807) is 33.2 Å². The van der Waals surface area contributed by atoms with Gasteiger partial charge in [-0.1, -0.05) is 6.92 Å². The Balaban J connectivity index is 2.87. The molecular weight excluding hydrogens is 284 g/mol. The van der Waals surface area contributed by atoms with Gasteiger partial charge in [0.1, 0.15) is 0 Å². The van der Waals surface area contributed by atoms with Crippen molar-refractivity contribution in [1.29, 1.82) is 0 Å². The molecule has 2 aromatic rings. The minimum Gasteiger partial charge on any atom is -0.376 e. The number of fused-ring (bicyclic) bond motifs is 1. The summed E-state index contributed by atoms with van der Waals surface area (Å²) in [5.41, 5.74) is 1.42. The highest BCUT2D eigenvalue weighted by atomic mass is 16.2. The van der Waals surface area contributed by atoms with Crippen LogP contribution in [0.3, 0.4) is 0 Å². The van der Waals surface area contributed by atoms with E-state index in [9.17, 15) is 14.4 Å². The van der Waals surface area contributed by atoms with Crippen molar-refractivity contribution in [3.63, 3.8) is 0 Å². The van der Waals surface area contributed by atoms with E-state index in [0.717, 1.165) is 5.69 Å². The Morgan fingerprint density at radius 1 is 1.09 bits per heavy atom. The van der Waals surface area contributed by atoms with E-state index in [1.165, 1.54) is 9.13 Å². The van der Waals surface area contributed by atoms with Crippen molar-refractivity contribution in [3.8, 4) is 0 Å². The van der Waals surface area contributed by atoms with Crippen LogP contribution in [0.5, 0.6) is 0 Å². The summed E-state index contributed by atoms with van der Waals surface area (Å²) >= 11 is 0. The van der Waals surface area contributed by atoms with Gasteiger partial charge in [0.15, 0.2) is 0 Å². The highest BCUT2D eigenvalue weighted by Crippen LogP contribution is 2.29. The lowest BCUT2D eigenvalue weighted by molar-refractivity contribution is -0.115. The standard InChI is InChI=1S/C15H20N4O3/c1-6-13(20)16-9-7-11-12(8-10(9)17(2)3)19(5)15(22)14(21)18(11)4/h7-8H,6H2,1-5H3,(H,16,20). The molecule has 0 radical (unpaired) electrons. The van der Waals surface area contributed by atoms with Gasteiger partial charge in [-0.25, -0.2) is 0 Å². The Kier molecular flexibility index (Phi) is 4.07. The number of nitrogens with one attached hydrogen (secondary N) is 1. The van der Waals surface area contributed by atoms with Gasteiger partial charge in [0.25, 0.3) is 0 Å². The van der Waals surface area contributed by atoms with Crippen molar-refractivity contribution in [1.82, 2.24) is 9.13 Å². The molecule has 0 bridgehead atoms. The molecule has 0 fully saturated rings. The first-order chi connectivity index (χ1) is 10.3. The molecule has 1 heterocycles. The Morgan fingerprint density at radius 2 is 1.59 bits per heavy atom. The smallest absolute Gasteiger partial charge is 0.316 e. The maximum atomic E-state index is 11.9. The fourth-order valence-electron chi connectivity index (χ4n) is 2.32. The molecule has 0 saturated heterocycles. The van der Waals surface area contributed by atoms with Gasteiger partial charge >= 0.3 is 11.1 Å². The van der Waals surface area contributed by atoms with E-state index >= 15 is 0 Å². The van der Waals surface area contributed by atoms with E-state index < -0.39 is 11.1 Å². The lowest BCUT2D eigenvalue weighted by atomic mass is 10.2. The van der Waals surface area contributed by atoms with E-state index in [1.807, 2.05) is 19.0 Å². The van der Waals surface area contributed by atoms with Gasteiger partial charge in [-0.05, 0) is 12.1 Å². The maximum Gasteiger partial charge on any atom is 0.316 e. The molecule has 0 saturated carbocycles. The van der Waals surface area contributed by atoms with Gasteiger partial charge in [0.05, 0.1) is 22.4 Å². The Bertz CT molecular complexity index is 862. The largest absolute Gasteiger partial charge is 0.376 e. The van der Waals surface area contributed by atoms with Gasteiger partial charge in [-0.2, -0.15) is 0 Å². The van der Waals surface area contributed by atoms with Crippen LogP contribution in [0.4, 0.5) is 11.4 Å². The lowest BCUT2D eigenvalue weighted by Gasteiger charge is -2.20. The summed E-state index contributed by atoms with van der Waals surface area (Å²) in [6.45, 7) is 1.77. The van der Waals surface area contributed by atoms with Crippen molar-refractivity contribution in [2.24, 2.45) is 14.1 Å². The zero-order chi connectivity index (χ0) is 16.6. The summed E-state index contributed by atoms with van der Waals surface area (Å²) in [6.07, 6.45) is 0.358. The maximum absolute atomic E-state index is 11.9. The number of nitrogens with zero attached hydrogens (tertiary/aromatic N) is 3. The summed E-state index contributed by atoms with van der Waals surface area (Å²) in [4.78, 5) is 37.4. The summed E-state index contributed by atoms with van der Waals surface area (Å²) in [7, 11) is 6.81. The number of amides is 1. The van der Waals surface area contributed by atoms with Crippen LogP contribution in [0.15, 0.2) is 21.7 Å². The van der Waals surface area contributed by atoms with E-state index in [2.05, 4.69) is 5.32 Å². The third-order valence-electron chi connectivity index (χ3n) is 3.68. The number of aryl methyl sites for hydroxylation is 2. The number of carbonyl (C=O) groups is 1. The molecule has 0 aliphatic carbocycles. The molecule has 1 N–H and O–H groups in total. The highest BCUT2D eigenvalue weighted by molar-refractivity contribution is 5.98. The molecule has 0 unspecified atom stereocenters. The lowest BCUT2D eigenvalue weighted by Crippen LogP contribution is -2.39. The van der Waals surface area contributed by atoms with Gasteiger partial charge in [-0.3, -0.25) is 14.4 Å². The predicted octanol–water partition coefficient (Wildman–Crippen LogP) is 0.652. The molecule has 0 atom stereocenters. The van der Waals surface area contributed by atoms with E-state index in [0.29, 0.717) is 23.1 Å². The zero-order valence-corrected chi connectivity index (χ0v) is 13.4. The van der Waals surface area contributed by atoms with Crippen LogP contribution in [-0.4, -0.2) is 29.1 Å². The van der Waals surface area contributed by atoms with Crippen molar-refractivity contribution in [2.75, 3.05) is 24.3 Å². The number of rotatable bonds is 3. The predicted molar refractivity (Wildman–Crippen MR) is 87.7 cm³/mol. The second kappa shape index (κ2) is 5.67. The van der Waals surface area contributed by atoms with Crippen LogP contribution in [0.25, 0.3) is 11.0 Å². The number of aromatic nitrogens is 2. The number of anilines is 2. The van der Waals surface area contributed by atoms with Crippen LogP contribution in [-0.2, 0) is 18.9 Å². The average Bonchev–Trinajstić information content (AvgIpc) is 2.49. The normalized spacial score (nSPS) is 10.8. The van der Waals surface area contributed by atoms with Crippen LogP contribution in [0, 0.1) is 0 Å². The third kappa shape index (κ3) is 2.49. The van der Waals surface area contributed by atoms with Crippen molar-refractivity contribution >= 4 is 28.3 Å². The fraction of sp³-hybridized carbons (Fsp3) is 0.400. The van der Waals surface area contributed by atoms with Crippen LogP contribution in [0.1, 0.15) is 13.3 Å². The highest BCUT2D eigenvalue weighted by Gasteiger charge is 2.14.